The van der Waals surface area contributed by atoms with Crippen molar-refractivity contribution in [2.75, 3.05) is 5.32 Å². The molecule has 1 aliphatic rings. The number of rotatable bonds is 4. The van der Waals surface area contributed by atoms with Crippen molar-refractivity contribution in [3.63, 3.8) is 0 Å². The van der Waals surface area contributed by atoms with Crippen LogP contribution < -0.4 is 5.32 Å². The van der Waals surface area contributed by atoms with Crippen molar-refractivity contribution < 1.29 is 4.79 Å². The monoisotopic (exact) mass is 377 g/mol. The highest BCUT2D eigenvalue weighted by Gasteiger charge is 2.21. The van der Waals surface area contributed by atoms with E-state index < -0.39 is 0 Å². The summed E-state index contributed by atoms with van der Waals surface area (Å²) in [4.78, 5) is 15.2. The van der Waals surface area contributed by atoms with E-state index in [4.69, 9.17) is 0 Å². The normalized spacial score (nSPS) is 13.4. The van der Waals surface area contributed by atoms with Gasteiger partial charge in [-0.25, -0.2) is 0 Å². The third kappa shape index (κ3) is 3.76. The first-order chi connectivity index (χ1) is 13.2. The molecule has 2 aromatic heterocycles. The van der Waals surface area contributed by atoms with Crippen LogP contribution in [0.15, 0.2) is 36.5 Å². The molecule has 1 aromatic carbocycles. The van der Waals surface area contributed by atoms with Crippen LogP contribution >= 0.6 is 11.3 Å². The lowest BCUT2D eigenvalue weighted by atomic mass is 10.1. The van der Waals surface area contributed by atoms with E-state index in [0.717, 1.165) is 36.9 Å². The molecule has 2 heterocycles. The summed E-state index contributed by atoms with van der Waals surface area (Å²) in [6, 6.07) is 11.9. The number of nitrogens with one attached hydrogen (secondary N) is 1. The molecule has 0 atom stereocenters. The summed E-state index contributed by atoms with van der Waals surface area (Å²) in [5, 5.41) is 21.7. The van der Waals surface area contributed by atoms with E-state index in [1.54, 1.807) is 17.5 Å². The molecule has 0 unspecified atom stereocenters. The van der Waals surface area contributed by atoms with E-state index in [0.29, 0.717) is 16.3 Å². The fourth-order valence-corrected chi connectivity index (χ4v) is 4.60. The van der Waals surface area contributed by atoms with Crippen molar-refractivity contribution in [1.29, 1.82) is 5.26 Å². The van der Waals surface area contributed by atoms with Gasteiger partial charge in [-0.1, -0.05) is 24.6 Å². The lowest BCUT2D eigenvalue weighted by Gasteiger charge is -2.02. The molecule has 27 heavy (non-hydrogen) atoms. The molecule has 6 nitrogen and oxygen atoms in total. The lowest BCUT2D eigenvalue weighted by molar-refractivity contribution is -0.115. The van der Waals surface area contributed by atoms with Crippen LogP contribution in [0.1, 0.15) is 41.0 Å². The van der Waals surface area contributed by atoms with Crippen molar-refractivity contribution in [3.8, 4) is 11.8 Å². The summed E-state index contributed by atoms with van der Waals surface area (Å²) in [6.07, 6.45) is 7.10. The average molecular weight is 377 g/mol. The number of benzene rings is 1. The van der Waals surface area contributed by atoms with Gasteiger partial charge in [0.25, 0.3) is 0 Å². The molecule has 0 spiro atoms. The summed E-state index contributed by atoms with van der Waals surface area (Å²) in [7, 11) is 0. The molecule has 7 heteroatoms. The molecule has 0 bridgehead atoms. The number of amides is 1. The van der Waals surface area contributed by atoms with Gasteiger partial charge in [0.05, 0.1) is 29.6 Å². The zero-order valence-corrected chi connectivity index (χ0v) is 15.6. The van der Waals surface area contributed by atoms with Crippen LogP contribution in [0, 0.1) is 11.3 Å². The first kappa shape index (κ1) is 17.4. The molecule has 0 aliphatic heterocycles. The maximum absolute atomic E-state index is 12.5. The van der Waals surface area contributed by atoms with Crippen molar-refractivity contribution in [1.82, 2.24) is 15.0 Å². The second-order valence-electron chi connectivity index (χ2n) is 6.57. The molecule has 136 valence electrons. The number of fused-ring (bicyclic) bond motifs is 1. The fourth-order valence-electron chi connectivity index (χ4n) is 3.35. The number of anilines is 1. The summed E-state index contributed by atoms with van der Waals surface area (Å²) in [5.74, 6) is -0.178. The van der Waals surface area contributed by atoms with Crippen LogP contribution in [0.2, 0.25) is 0 Å². The molecule has 1 amide bonds. The Morgan fingerprint density at radius 1 is 1.22 bits per heavy atom. The van der Waals surface area contributed by atoms with Crippen LogP contribution in [0.4, 0.5) is 5.00 Å². The number of carbonyl (C=O) groups excluding carboxylic acids is 1. The number of hydrogen-bond acceptors (Lipinski definition) is 5. The Labute approximate surface area is 161 Å². The Morgan fingerprint density at radius 3 is 2.85 bits per heavy atom. The second-order valence-corrected chi connectivity index (χ2v) is 7.67. The van der Waals surface area contributed by atoms with E-state index in [2.05, 4.69) is 21.6 Å². The Kier molecular flexibility index (Phi) is 4.99. The van der Waals surface area contributed by atoms with Crippen LogP contribution in [0.3, 0.4) is 0 Å². The number of thiophene rings is 1. The van der Waals surface area contributed by atoms with Gasteiger partial charge in [-0.2, -0.15) is 20.3 Å². The zero-order valence-electron chi connectivity index (χ0n) is 14.8. The number of hydrogen-bond donors (Lipinski definition) is 1. The average Bonchev–Trinajstić information content (AvgIpc) is 3.19. The number of carbonyl (C=O) groups is 1. The van der Waals surface area contributed by atoms with E-state index in [1.807, 2.05) is 30.3 Å². The van der Waals surface area contributed by atoms with Gasteiger partial charge in [0, 0.05) is 4.88 Å². The summed E-state index contributed by atoms with van der Waals surface area (Å²) in [6.45, 7) is 0. The van der Waals surface area contributed by atoms with Gasteiger partial charge in [-0.3, -0.25) is 4.79 Å². The highest BCUT2D eigenvalue weighted by molar-refractivity contribution is 7.16. The first-order valence-corrected chi connectivity index (χ1v) is 9.87. The van der Waals surface area contributed by atoms with E-state index >= 15 is 0 Å². The maximum Gasteiger partial charge on any atom is 0.231 e. The smallest absolute Gasteiger partial charge is 0.231 e. The molecule has 1 aliphatic carbocycles. The van der Waals surface area contributed by atoms with Crippen LogP contribution in [-0.4, -0.2) is 20.9 Å². The minimum absolute atomic E-state index is 0.125. The largest absolute Gasteiger partial charge is 0.316 e. The van der Waals surface area contributed by atoms with Crippen LogP contribution in [0.25, 0.3) is 5.69 Å². The topological polar surface area (TPSA) is 83.6 Å². The summed E-state index contributed by atoms with van der Waals surface area (Å²) >= 11 is 1.55. The quantitative estimate of drug-likeness (QED) is 0.704. The minimum atomic E-state index is -0.178. The highest BCUT2D eigenvalue weighted by Crippen LogP contribution is 2.37. The summed E-state index contributed by atoms with van der Waals surface area (Å²) < 4.78 is 0. The van der Waals surface area contributed by atoms with Crippen molar-refractivity contribution >= 4 is 22.2 Å². The van der Waals surface area contributed by atoms with E-state index in [1.165, 1.54) is 16.1 Å². The van der Waals surface area contributed by atoms with Crippen LogP contribution in [-0.2, 0) is 24.1 Å². The lowest BCUT2D eigenvalue weighted by Crippen LogP contribution is -2.15. The first-order valence-electron chi connectivity index (χ1n) is 9.05. The Balaban J connectivity index is 1.48. The molecule has 1 N–H and O–H groups in total. The molecule has 0 fully saturated rings. The van der Waals surface area contributed by atoms with Gasteiger partial charge >= 0.3 is 0 Å². The molecule has 0 saturated heterocycles. The number of nitrogens with zero attached hydrogens (tertiary/aromatic N) is 4. The summed E-state index contributed by atoms with van der Waals surface area (Å²) in [5.41, 5.74) is 3.20. The third-order valence-corrected chi connectivity index (χ3v) is 5.86. The Hall–Kier alpha value is -2.98. The maximum atomic E-state index is 12.5. The standard InChI is InChI=1S/C20H19N5OS/c21-12-17-16-9-5-2-6-10-18(16)27-20(17)23-19(26)11-14-13-22-25(24-14)15-7-3-1-4-8-15/h1,3-4,7-8,13H,2,5-6,9-11H2,(H,23,26). The molecular formula is C20H19N5OS. The highest BCUT2D eigenvalue weighted by atomic mass is 32.1. The van der Waals surface area contributed by atoms with Gasteiger partial charge < -0.3 is 5.32 Å². The number of nitriles is 1. The van der Waals surface area contributed by atoms with Crippen molar-refractivity contribution in [2.45, 2.75) is 38.5 Å². The Morgan fingerprint density at radius 2 is 2.04 bits per heavy atom. The number of aromatic nitrogens is 3. The third-order valence-electron chi connectivity index (χ3n) is 4.65. The molecule has 4 rings (SSSR count). The molecule has 0 radical (unpaired) electrons. The van der Waals surface area contributed by atoms with Gasteiger partial charge in [-0.15, -0.1) is 11.3 Å². The number of para-hydroxylation sites is 1. The predicted molar refractivity (Wildman–Crippen MR) is 104 cm³/mol. The van der Waals surface area contributed by atoms with Crippen molar-refractivity contribution in [2.24, 2.45) is 0 Å². The van der Waals surface area contributed by atoms with Gasteiger partial charge in [-0.05, 0) is 43.4 Å². The zero-order chi connectivity index (χ0) is 18.6. The van der Waals surface area contributed by atoms with Crippen molar-refractivity contribution in [3.05, 3.63) is 58.2 Å². The fraction of sp³-hybridized carbons (Fsp3) is 0.300. The predicted octanol–water partition coefficient (Wildman–Crippen LogP) is 3.65. The molecule has 0 saturated carbocycles. The molecular weight excluding hydrogens is 358 g/mol. The van der Waals surface area contributed by atoms with E-state index in [-0.39, 0.29) is 12.3 Å². The SMILES string of the molecule is N#Cc1c(NC(=O)Cc2cnn(-c3ccccc3)n2)sc2c1CCCCC2. The Bertz CT molecular complexity index is 999. The van der Waals surface area contributed by atoms with Gasteiger partial charge in [0.2, 0.25) is 5.91 Å². The molecule has 3 aromatic rings. The van der Waals surface area contributed by atoms with Crippen LogP contribution in [0.5, 0.6) is 0 Å². The second kappa shape index (κ2) is 7.72. The van der Waals surface area contributed by atoms with E-state index in [9.17, 15) is 10.1 Å². The van der Waals surface area contributed by atoms with Gasteiger partial charge in [0.15, 0.2) is 0 Å². The minimum Gasteiger partial charge on any atom is -0.316 e. The van der Waals surface area contributed by atoms with Gasteiger partial charge in [0.1, 0.15) is 11.1 Å². The number of aryl methyl sites for hydroxylation is 1.